The first kappa shape index (κ1) is 17.2. The van der Waals surface area contributed by atoms with Crippen LogP contribution >= 0.6 is 15.9 Å². The summed E-state index contributed by atoms with van der Waals surface area (Å²) in [6.07, 6.45) is 7.61. The molecule has 0 aliphatic heterocycles. The number of aliphatic hydroxyl groups is 1. The molecule has 126 valence electrons. The van der Waals surface area contributed by atoms with Crippen LogP contribution in [0.3, 0.4) is 0 Å². The van der Waals surface area contributed by atoms with Crippen LogP contribution in [-0.4, -0.2) is 22.6 Å². The van der Waals surface area contributed by atoms with Gasteiger partial charge in [0.25, 0.3) is 0 Å². The zero-order chi connectivity index (χ0) is 17.5. The van der Waals surface area contributed by atoms with E-state index in [9.17, 15) is 9.90 Å². The first-order valence-corrected chi connectivity index (χ1v) is 9.03. The fraction of sp³-hybridized carbons (Fsp3) is 0.400. The monoisotopic (exact) mass is 387 g/mol. The van der Waals surface area contributed by atoms with Crippen molar-refractivity contribution in [2.24, 2.45) is 4.99 Å². The van der Waals surface area contributed by atoms with E-state index in [1.807, 2.05) is 20.8 Å². The molecule has 0 radical (unpaired) electrons. The van der Waals surface area contributed by atoms with Gasteiger partial charge in [-0.05, 0) is 55.9 Å². The summed E-state index contributed by atoms with van der Waals surface area (Å²) in [5, 5.41) is 10.4. The maximum atomic E-state index is 12.5. The Hall–Kier alpha value is -1.68. The highest BCUT2D eigenvalue weighted by Gasteiger charge is 2.29. The standard InChI is InChI=1S/C20H22BrNO2/c1-20(2,3)22-11-16-18(23)9-14(10-19(16)24)15-7-12-5-4-6-13(12)8-17(15)21/h4,6-8,11,14,23H,5,9-10H2,1-3H3. The van der Waals surface area contributed by atoms with Crippen molar-refractivity contribution in [3.05, 3.63) is 50.7 Å². The van der Waals surface area contributed by atoms with Crippen molar-refractivity contribution in [1.82, 2.24) is 0 Å². The SMILES string of the molecule is CC(C)(C)N=CC1=C(O)CC(c2cc3c(cc2Br)C=CC3)CC1=O. The van der Waals surface area contributed by atoms with Gasteiger partial charge in [-0.3, -0.25) is 9.79 Å². The van der Waals surface area contributed by atoms with Gasteiger partial charge in [0.05, 0.1) is 11.1 Å². The maximum absolute atomic E-state index is 12.5. The molecule has 0 saturated carbocycles. The summed E-state index contributed by atoms with van der Waals surface area (Å²) in [5.41, 5.74) is 3.71. The molecule has 0 saturated heterocycles. The van der Waals surface area contributed by atoms with Crippen molar-refractivity contribution in [2.45, 2.75) is 51.5 Å². The van der Waals surface area contributed by atoms with E-state index >= 15 is 0 Å². The van der Waals surface area contributed by atoms with E-state index < -0.39 is 0 Å². The largest absolute Gasteiger partial charge is 0.511 e. The van der Waals surface area contributed by atoms with Gasteiger partial charge in [0.2, 0.25) is 0 Å². The molecule has 2 aliphatic rings. The molecule has 1 atom stereocenters. The highest BCUT2D eigenvalue weighted by atomic mass is 79.9. The van der Waals surface area contributed by atoms with Crippen LogP contribution < -0.4 is 0 Å². The molecular formula is C20H22BrNO2. The number of fused-ring (bicyclic) bond motifs is 1. The molecule has 1 aromatic rings. The van der Waals surface area contributed by atoms with E-state index in [4.69, 9.17) is 0 Å². The topological polar surface area (TPSA) is 49.7 Å². The molecule has 3 rings (SSSR count). The Balaban J connectivity index is 1.88. The molecular weight excluding hydrogens is 366 g/mol. The van der Waals surface area contributed by atoms with Crippen molar-refractivity contribution < 1.29 is 9.90 Å². The van der Waals surface area contributed by atoms with Crippen LogP contribution in [0.5, 0.6) is 0 Å². The molecule has 0 fully saturated rings. The van der Waals surface area contributed by atoms with Gasteiger partial charge in [-0.2, -0.15) is 0 Å². The third kappa shape index (κ3) is 3.54. The van der Waals surface area contributed by atoms with Gasteiger partial charge in [-0.25, -0.2) is 0 Å². The van der Waals surface area contributed by atoms with Gasteiger partial charge < -0.3 is 5.11 Å². The summed E-state index contributed by atoms with van der Waals surface area (Å²) >= 11 is 3.63. The second kappa shape index (κ2) is 6.32. The Morgan fingerprint density at radius 2 is 2.04 bits per heavy atom. The van der Waals surface area contributed by atoms with Crippen molar-refractivity contribution in [2.75, 3.05) is 0 Å². The second-order valence-electron chi connectivity index (χ2n) is 7.50. The Kier molecular flexibility index (Phi) is 4.52. The lowest BCUT2D eigenvalue weighted by atomic mass is 9.82. The van der Waals surface area contributed by atoms with E-state index in [-0.39, 0.29) is 23.0 Å². The quantitative estimate of drug-likeness (QED) is 0.713. The number of allylic oxidation sites excluding steroid dienone is 3. The van der Waals surface area contributed by atoms with Gasteiger partial charge in [-0.15, -0.1) is 0 Å². The highest BCUT2D eigenvalue weighted by Crippen LogP contribution is 2.39. The predicted molar refractivity (Wildman–Crippen MR) is 102 cm³/mol. The average molecular weight is 388 g/mol. The van der Waals surface area contributed by atoms with Crippen LogP contribution in [0.2, 0.25) is 0 Å². The Morgan fingerprint density at radius 1 is 1.29 bits per heavy atom. The summed E-state index contributed by atoms with van der Waals surface area (Å²) in [5.74, 6) is 0.113. The first-order chi connectivity index (χ1) is 11.2. The van der Waals surface area contributed by atoms with Crippen LogP contribution in [0.1, 0.15) is 56.2 Å². The summed E-state index contributed by atoms with van der Waals surface area (Å²) in [6, 6.07) is 4.27. The summed E-state index contributed by atoms with van der Waals surface area (Å²) in [4.78, 5) is 16.9. The van der Waals surface area contributed by atoms with E-state index in [0.717, 1.165) is 16.5 Å². The zero-order valence-electron chi connectivity index (χ0n) is 14.3. The van der Waals surface area contributed by atoms with Crippen LogP contribution in [0.25, 0.3) is 6.08 Å². The minimum atomic E-state index is -0.263. The zero-order valence-corrected chi connectivity index (χ0v) is 15.9. The number of aliphatic imine (C=N–C) groups is 1. The minimum absolute atomic E-state index is 0.00422. The van der Waals surface area contributed by atoms with Gasteiger partial charge in [0.1, 0.15) is 5.76 Å². The fourth-order valence-corrected chi connectivity index (χ4v) is 3.83. The number of nitrogens with zero attached hydrogens (tertiary/aromatic N) is 1. The summed E-state index contributed by atoms with van der Waals surface area (Å²) < 4.78 is 1.00. The molecule has 4 heteroatoms. The number of carbonyl (C=O) groups excluding carboxylic acids is 1. The van der Waals surface area contributed by atoms with Gasteiger partial charge in [0.15, 0.2) is 5.78 Å². The number of carbonyl (C=O) groups is 1. The number of ketones is 1. The Labute approximate surface area is 151 Å². The second-order valence-corrected chi connectivity index (χ2v) is 8.35. The molecule has 0 spiro atoms. The number of hydrogen-bond donors (Lipinski definition) is 1. The molecule has 0 amide bonds. The lowest BCUT2D eigenvalue weighted by Crippen LogP contribution is -2.21. The average Bonchev–Trinajstić information content (AvgIpc) is 2.91. The van der Waals surface area contributed by atoms with E-state index in [2.05, 4.69) is 45.2 Å². The van der Waals surface area contributed by atoms with E-state index in [1.54, 1.807) is 0 Å². The van der Waals surface area contributed by atoms with Crippen molar-refractivity contribution >= 4 is 34.0 Å². The molecule has 1 N–H and O–H groups in total. The molecule has 3 nitrogen and oxygen atoms in total. The summed E-state index contributed by atoms with van der Waals surface area (Å²) in [7, 11) is 0. The summed E-state index contributed by atoms with van der Waals surface area (Å²) in [6.45, 7) is 5.90. The predicted octanol–water partition coefficient (Wildman–Crippen LogP) is 5.15. The lowest BCUT2D eigenvalue weighted by molar-refractivity contribution is -0.116. The molecule has 2 aliphatic carbocycles. The smallest absolute Gasteiger partial charge is 0.168 e. The lowest BCUT2D eigenvalue weighted by Gasteiger charge is -2.24. The number of Topliss-reactive ketones (excluding diaryl/α,β-unsaturated/α-hetero) is 1. The molecule has 0 heterocycles. The normalized spacial score (nSPS) is 21.0. The molecule has 0 bridgehead atoms. The number of hydrogen-bond acceptors (Lipinski definition) is 3. The third-order valence-corrected chi connectivity index (χ3v) is 5.08. The first-order valence-electron chi connectivity index (χ1n) is 8.24. The molecule has 1 aromatic carbocycles. The minimum Gasteiger partial charge on any atom is -0.511 e. The highest BCUT2D eigenvalue weighted by molar-refractivity contribution is 9.10. The number of benzene rings is 1. The maximum Gasteiger partial charge on any atom is 0.168 e. The van der Waals surface area contributed by atoms with Crippen molar-refractivity contribution in [3.8, 4) is 0 Å². The van der Waals surface area contributed by atoms with Gasteiger partial charge in [0, 0.05) is 23.5 Å². The Morgan fingerprint density at radius 3 is 2.71 bits per heavy atom. The Bertz CT molecular complexity index is 782. The van der Waals surface area contributed by atoms with E-state index in [1.165, 1.54) is 17.3 Å². The number of rotatable bonds is 2. The molecule has 24 heavy (non-hydrogen) atoms. The van der Waals surface area contributed by atoms with Crippen molar-refractivity contribution in [1.29, 1.82) is 0 Å². The van der Waals surface area contributed by atoms with Crippen LogP contribution in [0.15, 0.2) is 39.0 Å². The molecule has 0 aromatic heterocycles. The number of halogens is 1. The van der Waals surface area contributed by atoms with Gasteiger partial charge >= 0.3 is 0 Å². The van der Waals surface area contributed by atoms with Crippen LogP contribution in [0.4, 0.5) is 0 Å². The molecule has 1 unspecified atom stereocenters. The van der Waals surface area contributed by atoms with Crippen molar-refractivity contribution in [3.63, 3.8) is 0 Å². The third-order valence-electron chi connectivity index (χ3n) is 4.40. The fourth-order valence-electron chi connectivity index (χ4n) is 3.15. The number of aliphatic hydroxyl groups excluding tert-OH is 1. The van der Waals surface area contributed by atoms with Crippen LogP contribution in [0, 0.1) is 0 Å². The van der Waals surface area contributed by atoms with E-state index in [0.29, 0.717) is 18.4 Å². The van der Waals surface area contributed by atoms with Crippen LogP contribution in [-0.2, 0) is 11.2 Å². The van der Waals surface area contributed by atoms with Gasteiger partial charge in [-0.1, -0.05) is 34.1 Å².